The number of anilines is 1. The molecule has 0 bridgehead atoms. The molecule has 0 saturated carbocycles. The maximum Gasteiger partial charge on any atom is 0.351 e. The van der Waals surface area contributed by atoms with E-state index in [1.165, 1.54) is 24.6 Å². The zero-order valence-corrected chi connectivity index (χ0v) is 19.0. The number of thioether (sulfide) groups is 1. The van der Waals surface area contributed by atoms with Gasteiger partial charge in [0, 0.05) is 23.6 Å². The summed E-state index contributed by atoms with van der Waals surface area (Å²) in [5.74, 6) is -1.08. The number of rotatable bonds is 15. The first-order valence-corrected chi connectivity index (χ1v) is 12.0. The van der Waals surface area contributed by atoms with Crippen molar-refractivity contribution in [1.29, 1.82) is 0 Å². The lowest BCUT2D eigenvalue weighted by Gasteiger charge is -2.15. The summed E-state index contributed by atoms with van der Waals surface area (Å²) in [7, 11) is 0. The molecule has 1 aromatic rings. The number of unbranched alkanes of at least 4 members (excludes halogenated alkanes) is 8. The molecule has 0 radical (unpaired) electrons. The number of hydrogen-bond acceptors (Lipinski definition) is 8. The lowest BCUT2D eigenvalue weighted by atomic mass is 10.1. The second-order valence-corrected chi connectivity index (χ2v) is 8.78. The molecular weight excluding hydrogens is 439 g/mol. The largest absolute Gasteiger partial charge is 0.462 e. The van der Waals surface area contributed by atoms with E-state index >= 15 is 0 Å². The van der Waals surface area contributed by atoms with Gasteiger partial charge < -0.3 is 15.2 Å². The molecule has 2 atom stereocenters. The summed E-state index contributed by atoms with van der Waals surface area (Å²) in [4.78, 5) is 29.9. The Hall–Kier alpha value is -2.30. The van der Waals surface area contributed by atoms with Gasteiger partial charge in [-0.3, -0.25) is 9.36 Å². The van der Waals surface area contributed by atoms with Crippen molar-refractivity contribution in [1.82, 2.24) is 9.55 Å². The van der Waals surface area contributed by atoms with Crippen LogP contribution < -0.4 is 11.4 Å². The van der Waals surface area contributed by atoms with Crippen LogP contribution in [0.15, 0.2) is 16.1 Å². The minimum atomic E-state index is -0.782. The summed E-state index contributed by atoms with van der Waals surface area (Å²) in [5.41, 5.74) is 12.4. The summed E-state index contributed by atoms with van der Waals surface area (Å²) in [5, 5.41) is 3.52. The van der Waals surface area contributed by atoms with Crippen molar-refractivity contribution < 1.29 is 18.7 Å². The number of esters is 1. The number of carbonyl (C=O) groups excluding carboxylic acids is 1. The predicted molar refractivity (Wildman–Crippen MR) is 120 cm³/mol. The fourth-order valence-electron chi connectivity index (χ4n) is 3.31. The normalized spacial score (nSPS) is 17.8. The van der Waals surface area contributed by atoms with E-state index in [0.717, 1.165) is 55.7 Å². The van der Waals surface area contributed by atoms with Gasteiger partial charge in [0.1, 0.15) is 18.3 Å². The van der Waals surface area contributed by atoms with Crippen LogP contribution in [0.2, 0.25) is 0 Å². The average Bonchev–Trinajstić information content (AvgIpc) is 3.24. The first-order chi connectivity index (χ1) is 15.5. The third-order valence-electron chi connectivity index (χ3n) is 5.06. The predicted octanol–water partition coefficient (Wildman–Crippen LogP) is 4.31. The molecule has 1 fully saturated rings. The summed E-state index contributed by atoms with van der Waals surface area (Å²) in [6.45, 7) is 0.665. The van der Waals surface area contributed by atoms with E-state index in [-0.39, 0.29) is 12.6 Å². The van der Waals surface area contributed by atoms with Crippen LogP contribution in [0.3, 0.4) is 0 Å². The van der Waals surface area contributed by atoms with Crippen molar-refractivity contribution in [2.75, 3.05) is 24.6 Å². The Morgan fingerprint density at radius 2 is 1.94 bits per heavy atom. The van der Waals surface area contributed by atoms with E-state index < -0.39 is 29.0 Å². The van der Waals surface area contributed by atoms with Crippen LogP contribution in [0.1, 0.15) is 70.4 Å². The summed E-state index contributed by atoms with van der Waals surface area (Å²) in [6.07, 6.45) is 10.3. The molecule has 1 saturated heterocycles. The molecule has 0 aromatic carbocycles. The molecule has 12 heteroatoms. The molecule has 1 aromatic heterocycles. The molecule has 0 unspecified atom stereocenters. The molecule has 178 valence electrons. The van der Waals surface area contributed by atoms with Crippen molar-refractivity contribution >= 4 is 23.5 Å². The number of azide groups is 1. The molecular formula is C20H31FN6O4S. The fraction of sp³-hybridized carbons (Fsp3) is 0.750. The van der Waals surface area contributed by atoms with Gasteiger partial charge in [0.15, 0.2) is 11.6 Å². The standard InChI is InChI=1S/C20H31FN6O4S/c21-15-12-27(20(29)25-19(15)22)16-14-32-18(31-16)13-30-17(28)10-8-6-4-2-1-3-5-7-9-11-24-26-23/h12,16,18H,1-11,13-14H2,(H2,22,25,29)/t16-,18+/m0/s1. The Labute approximate surface area is 190 Å². The van der Waals surface area contributed by atoms with E-state index in [0.29, 0.717) is 18.7 Å². The molecule has 0 spiro atoms. The van der Waals surface area contributed by atoms with Crippen LogP contribution in [0, 0.1) is 5.82 Å². The Bertz CT molecular complexity index is 833. The lowest BCUT2D eigenvalue weighted by molar-refractivity contribution is -0.147. The quantitative estimate of drug-likeness (QED) is 0.132. The topological polar surface area (TPSA) is 145 Å². The monoisotopic (exact) mass is 470 g/mol. The van der Waals surface area contributed by atoms with E-state index in [1.807, 2.05) is 0 Å². The highest BCUT2D eigenvalue weighted by molar-refractivity contribution is 8.00. The van der Waals surface area contributed by atoms with Gasteiger partial charge in [0.05, 0.1) is 6.20 Å². The lowest BCUT2D eigenvalue weighted by Crippen LogP contribution is -2.30. The number of ether oxygens (including phenoxy) is 2. The summed E-state index contributed by atoms with van der Waals surface area (Å²) in [6, 6.07) is 0. The number of hydrogen-bond donors (Lipinski definition) is 1. The third-order valence-corrected chi connectivity index (χ3v) is 6.16. The van der Waals surface area contributed by atoms with Crippen molar-refractivity contribution in [3.8, 4) is 0 Å². The van der Waals surface area contributed by atoms with Crippen molar-refractivity contribution in [3.05, 3.63) is 32.9 Å². The van der Waals surface area contributed by atoms with Gasteiger partial charge in [-0.1, -0.05) is 50.1 Å². The Morgan fingerprint density at radius 1 is 1.28 bits per heavy atom. The van der Waals surface area contributed by atoms with Crippen molar-refractivity contribution in [2.24, 2.45) is 5.11 Å². The second-order valence-electron chi connectivity index (χ2n) is 7.59. The minimum absolute atomic E-state index is 0.0827. The molecule has 2 N–H and O–H groups in total. The summed E-state index contributed by atoms with van der Waals surface area (Å²) < 4.78 is 25.6. The van der Waals surface area contributed by atoms with Gasteiger partial charge >= 0.3 is 11.7 Å². The van der Waals surface area contributed by atoms with Gasteiger partial charge in [-0.2, -0.15) is 4.98 Å². The highest BCUT2D eigenvalue weighted by atomic mass is 32.2. The maximum atomic E-state index is 13.6. The molecule has 2 rings (SSSR count). The molecule has 1 aliphatic heterocycles. The average molecular weight is 471 g/mol. The minimum Gasteiger partial charge on any atom is -0.462 e. The van der Waals surface area contributed by atoms with E-state index in [9.17, 15) is 14.0 Å². The molecule has 0 amide bonds. The van der Waals surface area contributed by atoms with E-state index in [2.05, 4.69) is 15.0 Å². The molecule has 1 aliphatic rings. The van der Waals surface area contributed by atoms with Crippen LogP contribution in [0.5, 0.6) is 0 Å². The molecule has 32 heavy (non-hydrogen) atoms. The van der Waals surface area contributed by atoms with Crippen LogP contribution in [-0.2, 0) is 14.3 Å². The number of nitrogens with two attached hydrogens (primary N) is 1. The van der Waals surface area contributed by atoms with Crippen LogP contribution in [-0.4, -0.2) is 39.9 Å². The molecule has 2 heterocycles. The van der Waals surface area contributed by atoms with Crippen molar-refractivity contribution in [3.63, 3.8) is 0 Å². The maximum absolute atomic E-state index is 13.6. The van der Waals surface area contributed by atoms with Crippen LogP contribution in [0.25, 0.3) is 10.4 Å². The first-order valence-electron chi connectivity index (χ1n) is 11.0. The SMILES string of the molecule is [N-]=[N+]=NCCCCCCCCCCCC(=O)OC[C@@H]1O[C@H](n2cc(F)c(N)nc2=O)CS1. The third kappa shape index (κ3) is 9.46. The van der Waals surface area contributed by atoms with Crippen LogP contribution >= 0.6 is 11.8 Å². The van der Waals surface area contributed by atoms with Gasteiger partial charge in [-0.05, 0) is 18.4 Å². The van der Waals surface area contributed by atoms with E-state index in [1.54, 1.807) is 0 Å². The highest BCUT2D eigenvalue weighted by Gasteiger charge is 2.29. The summed E-state index contributed by atoms with van der Waals surface area (Å²) >= 11 is 1.39. The second kappa shape index (κ2) is 14.7. The van der Waals surface area contributed by atoms with E-state index in [4.69, 9.17) is 20.7 Å². The van der Waals surface area contributed by atoms with Crippen LogP contribution in [0.4, 0.5) is 10.2 Å². The smallest absolute Gasteiger partial charge is 0.351 e. The van der Waals surface area contributed by atoms with Gasteiger partial charge in [0.25, 0.3) is 0 Å². The molecule has 10 nitrogen and oxygen atoms in total. The zero-order chi connectivity index (χ0) is 23.2. The molecule has 0 aliphatic carbocycles. The Kier molecular flexibility index (Phi) is 11.9. The van der Waals surface area contributed by atoms with Gasteiger partial charge in [-0.25, -0.2) is 9.18 Å². The highest BCUT2D eigenvalue weighted by Crippen LogP contribution is 2.31. The zero-order valence-electron chi connectivity index (χ0n) is 18.2. The number of nitrogen functional groups attached to an aromatic ring is 1. The number of halogens is 1. The number of carbonyl (C=O) groups is 1. The van der Waals surface area contributed by atoms with Gasteiger partial charge in [-0.15, -0.1) is 11.8 Å². The Morgan fingerprint density at radius 3 is 2.62 bits per heavy atom. The van der Waals surface area contributed by atoms with Crippen molar-refractivity contribution in [2.45, 2.75) is 75.9 Å². The van der Waals surface area contributed by atoms with Gasteiger partial charge in [0.2, 0.25) is 0 Å². The number of nitrogens with zero attached hydrogens (tertiary/aromatic N) is 5. The fourth-order valence-corrected chi connectivity index (χ4v) is 4.30. The Balaban J connectivity index is 1.49. The first kappa shape index (κ1) is 26.0. The number of aromatic nitrogens is 2.